The van der Waals surface area contributed by atoms with Crippen molar-refractivity contribution in [3.05, 3.63) is 47.5 Å². The molecule has 1 atom stereocenters. The molecule has 0 aromatic heterocycles. The van der Waals surface area contributed by atoms with Crippen LogP contribution in [0.1, 0.15) is 35.2 Å². The molecule has 0 N–H and O–H groups in total. The van der Waals surface area contributed by atoms with E-state index >= 15 is 0 Å². The van der Waals surface area contributed by atoms with Crippen LogP contribution in [0.5, 0.6) is 17.2 Å². The third kappa shape index (κ3) is 7.59. The van der Waals surface area contributed by atoms with Gasteiger partial charge in [-0.3, -0.25) is 4.79 Å². The molecule has 9 heteroatoms. The van der Waals surface area contributed by atoms with E-state index < -0.39 is 0 Å². The molecule has 2 aromatic rings. The summed E-state index contributed by atoms with van der Waals surface area (Å²) in [4.78, 5) is 20.2. The smallest absolute Gasteiger partial charge is 0.254 e. The summed E-state index contributed by atoms with van der Waals surface area (Å²) in [6.45, 7) is 5.91. The zero-order valence-electron chi connectivity index (χ0n) is 22.4. The van der Waals surface area contributed by atoms with Crippen molar-refractivity contribution < 1.29 is 19.0 Å². The number of anilines is 1. The fraction of sp³-hybridized carbons (Fsp3) is 0.536. The molecule has 2 aromatic carbocycles. The summed E-state index contributed by atoms with van der Waals surface area (Å²) in [6, 6.07) is 12.0. The van der Waals surface area contributed by atoms with Crippen LogP contribution >= 0.6 is 24.8 Å². The second kappa shape index (κ2) is 14.6. The van der Waals surface area contributed by atoms with E-state index in [9.17, 15) is 4.79 Å². The molecular formula is C28H41Cl2N3O4. The van der Waals surface area contributed by atoms with Gasteiger partial charge in [0.2, 0.25) is 0 Å². The topological polar surface area (TPSA) is 54.5 Å². The van der Waals surface area contributed by atoms with Gasteiger partial charge in [0.1, 0.15) is 5.75 Å². The van der Waals surface area contributed by atoms with Crippen molar-refractivity contribution in [1.29, 1.82) is 0 Å². The Morgan fingerprint density at radius 1 is 0.973 bits per heavy atom. The van der Waals surface area contributed by atoms with Gasteiger partial charge in [-0.2, -0.15) is 0 Å². The first-order valence-electron chi connectivity index (χ1n) is 12.6. The molecule has 206 valence electrons. The lowest BCUT2D eigenvalue weighted by molar-refractivity contribution is 0.0660. The number of nitrogens with zero attached hydrogens (tertiary/aromatic N) is 3. The van der Waals surface area contributed by atoms with Crippen LogP contribution in [-0.2, 0) is 6.42 Å². The number of amides is 1. The van der Waals surface area contributed by atoms with Crippen molar-refractivity contribution >= 4 is 36.4 Å². The standard InChI is InChI=1S/C28H39N3O4.2ClH/c1-29(23-8-10-24(33-2)11-9-23)13-6-15-30-14-5-7-21(19-30)20-31-16-12-22-17-26(34-3)27(35-4)18-25(22)28(31)32;;/h8-11,17-18,21H,5-7,12-16,19-20H2,1-4H3;2*1H. The third-order valence-corrected chi connectivity index (χ3v) is 7.34. The predicted octanol–water partition coefficient (Wildman–Crippen LogP) is 4.79. The van der Waals surface area contributed by atoms with Gasteiger partial charge in [-0.15, -0.1) is 24.8 Å². The summed E-state index contributed by atoms with van der Waals surface area (Å²) >= 11 is 0. The molecule has 4 rings (SSSR count). The number of carbonyl (C=O) groups is 1. The number of halogens is 2. The SMILES string of the molecule is COc1ccc(N(C)CCCN2CCCC(CN3CCc4cc(OC)c(OC)cc4C3=O)C2)cc1.Cl.Cl. The predicted molar refractivity (Wildman–Crippen MR) is 154 cm³/mol. The number of rotatable bonds is 10. The molecule has 1 saturated heterocycles. The monoisotopic (exact) mass is 553 g/mol. The van der Waals surface area contributed by atoms with Gasteiger partial charge in [0, 0.05) is 44.5 Å². The van der Waals surface area contributed by atoms with E-state index in [0.717, 1.165) is 69.0 Å². The molecule has 1 amide bonds. The lowest BCUT2D eigenvalue weighted by Crippen LogP contribution is -2.45. The average molecular weight is 555 g/mol. The van der Waals surface area contributed by atoms with E-state index in [2.05, 4.69) is 29.0 Å². The maximum Gasteiger partial charge on any atom is 0.254 e. The Morgan fingerprint density at radius 3 is 2.35 bits per heavy atom. The van der Waals surface area contributed by atoms with Crippen molar-refractivity contribution in [3.8, 4) is 17.2 Å². The van der Waals surface area contributed by atoms with E-state index in [1.54, 1.807) is 21.3 Å². The van der Waals surface area contributed by atoms with Gasteiger partial charge in [-0.1, -0.05) is 0 Å². The maximum absolute atomic E-state index is 13.3. The van der Waals surface area contributed by atoms with E-state index in [4.69, 9.17) is 14.2 Å². The van der Waals surface area contributed by atoms with Crippen LogP contribution in [0.4, 0.5) is 5.69 Å². The second-order valence-electron chi connectivity index (χ2n) is 9.65. The van der Waals surface area contributed by atoms with Crippen molar-refractivity contribution in [1.82, 2.24) is 9.80 Å². The van der Waals surface area contributed by atoms with Crippen LogP contribution in [0.25, 0.3) is 0 Å². The number of methoxy groups -OCH3 is 3. The number of piperidine rings is 1. The van der Waals surface area contributed by atoms with E-state index in [0.29, 0.717) is 17.4 Å². The minimum atomic E-state index is 0. The Hall–Kier alpha value is -2.35. The number of fused-ring (bicyclic) bond motifs is 1. The molecule has 0 bridgehead atoms. The van der Waals surface area contributed by atoms with Crippen LogP contribution < -0.4 is 19.1 Å². The molecule has 0 saturated carbocycles. The first kappa shape index (κ1) is 30.9. The molecule has 0 aliphatic carbocycles. The molecule has 1 unspecified atom stereocenters. The van der Waals surface area contributed by atoms with Crippen molar-refractivity contribution in [2.24, 2.45) is 5.92 Å². The summed E-state index contributed by atoms with van der Waals surface area (Å²) in [5.74, 6) is 2.83. The first-order chi connectivity index (χ1) is 17.0. The molecule has 2 heterocycles. The Morgan fingerprint density at radius 2 is 1.68 bits per heavy atom. The average Bonchev–Trinajstić information content (AvgIpc) is 2.90. The molecular weight excluding hydrogens is 513 g/mol. The van der Waals surface area contributed by atoms with Gasteiger partial charge in [0.25, 0.3) is 5.91 Å². The summed E-state index contributed by atoms with van der Waals surface area (Å²) in [5.41, 5.74) is 3.01. The lowest BCUT2D eigenvalue weighted by Gasteiger charge is -2.37. The van der Waals surface area contributed by atoms with Crippen LogP contribution in [0, 0.1) is 5.92 Å². The van der Waals surface area contributed by atoms with Gasteiger partial charge in [-0.05, 0) is 86.7 Å². The zero-order valence-corrected chi connectivity index (χ0v) is 24.0. The molecule has 0 spiro atoms. The van der Waals surface area contributed by atoms with Gasteiger partial charge in [-0.25, -0.2) is 0 Å². The molecule has 2 aliphatic rings. The molecule has 37 heavy (non-hydrogen) atoms. The van der Waals surface area contributed by atoms with Crippen LogP contribution in [-0.4, -0.2) is 83.4 Å². The Bertz CT molecular complexity index is 1010. The van der Waals surface area contributed by atoms with Crippen molar-refractivity contribution in [2.75, 3.05) is 72.5 Å². The summed E-state index contributed by atoms with van der Waals surface area (Å²) < 4.78 is 16.1. The van der Waals surface area contributed by atoms with Crippen molar-refractivity contribution in [3.63, 3.8) is 0 Å². The maximum atomic E-state index is 13.3. The number of benzene rings is 2. The highest BCUT2D eigenvalue weighted by Crippen LogP contribution is 2.33. The number of likely N-dealkylation sites (tertiary alicyclic amines) is 1. The Balaban J connectivity index is 0.00000241. The fourth-order valence-corrected chi connectivity index (χ4v) is 5.34. The summed E-state index contributed by atoms with van der Waals surface area (Å²) in [7, 11) is 7.08. The van der Waals surface area contributed by atoms with Crippen LogP contribution in [0.2, 0.25) is 0 Å². The number of hydrogen-bond donors (Lipinski definition) is 0. The van der Waals surface area contributed by atoms with E-state index in [1.165, 1.54) is 18.5 Å². The van der Waals surface area contributed by atoms with Crippen LogP contribution in [0.15, 0.2) is 36.4 Å². The van der Waals surface area contributed by atoms with Gasteiger partial charge < -0.3 is 28.9 Å². The molecule has 2 aliphatic heterocycles. The number of carbonyl (C=O) groups excluding carboxylic acids is 1. The zero-order chi connectivity index (χ0) is 24.8. The number of ether oxygens (including phenoxy) is 3. The summed E-state index contributed by atoms with van der Waals surface area (Å²) in [5, 5.41) is 0. The Labute approximate surface area is 233 Å². The van der Waals surface area contributed by atoms with Gasteiger partial charge >= 0.3 is 0 Å². The van der Waals surface area contributed by atoms with Gasteiger partial charge in [0.05, 0.1) is 21.3 Å². The van der Waals surface area contributed by atoms with E-state index in [1.807, 2.05) is 29.2 Å². The highest BCUT2D eigenvalue weighted by Gasteiger charge is 2.30. The molecule has 0 radical (unpaired) electrons. The minimum absolute atomic E-state index is 0. The summed E-state index contributed by atoms with van der Waals surface area (Å²) in [6.07, 6.45) is 4.36. The van der Waals surface area contributed by atoms with E-state index in [-0.39, 0.29) is 30.7 Å². The highest BCUT2D eigenvalue weighted by atomic mass is 35.5. The molecule has 1 fully saturated rings. The second-order valence-corrected chi connectivity index (χ2v) is 9.65. The third-order valence-electron chi connectivity index (χ3n) is 7.34. The van der Waals surface area contributed by atoms with Gasteiger partial charge in [0.15, 0.2) is 11.5 Å². The lowest BCUT2D eigenvalue weighted by atomic mass is 9.94. The fourth-order valence-electron chi connectivity index (χ4n) is 5.34. The largest absolute Gasteiger partial charge is 0.497 e. The highest BCUT2D eigenvalue weighted by molar-refractivity contribution is 5.97. The number of hydrogen-bond acceptors (Lipinski definition) is 6. The normalized spacial score (nSPS) is 17.2. The van der Waals surface area contributed by atoms with Crippen molar-refractivity contribution in [2.45, 2.75) is 25.7 Å². The quantitative estimate of drug-likeness (QED) is 0.421. The minimum Gasteiger partial charge on any atom is -0.497 e. The Kier molecular flexibility index (Phi) is 12.1. The molecule has 7 nitrogen and oxygen atoms in total. The first-order valence-corrected chi connectivity index (χ1v) is 12.6. The van der Waals surface area contributed by atoms with Crippen LogP contribution in [0.3, 0.4) is 0 Å².